The highest BCUT2D eigenvalue weighted by atomic mass is 35.5. The van der Waals surface area contributed by atoms with Crippen LogP contribution in [0, 0.1) is 5.82 Å². The first kappa shape index (κ1) is 16.9. The lowest BCUT2D eigenvalue weighted by atomic mass is 10.3. The molecule has 0 fully saturated rings. The number of carbonyl (C=O) groups is 1. The topological polar surface area (TPSA) is 74.6 Å². The molecule has 0 aliphatic heterocycles. The number of aliphatic carboxylic acids is 1. The maximum absolute atomic E-state index is 12.8. The van der Waals surface area contributed by atoms with Crippen LogP contribution in [0.5, 0.6) is 11.6 Å². The van der Waals surface area contributed by atoms with Crippen LogP contribution in [0.25, 0.3) is 0 Å². The van der Waals surface area contributed by atoms with Gasteiger partial charge in [-0.2, -0.15) is 0 Å². The lowest BCUT2D eigenvalue weighted by molar-refractivity contribution is -0.298. The highest BCUT2D eigenvalue weighted by molar-refractivity contribution is 6.51. The van der Waals surface area contributed by atoms with Crippen LogP contribution in [-0.2, 0) is 4.79 Å². The zero-order chi connectivity index (χ0) is 16.8. The minimum absolute atomic E-state index is 0.265. The number of ether oxygens (including phenoxy) is 1. The van der Waals surface area contributed by atoms with E-state index >= 15 is 0 Å². The Bertz CT molecular complexity index is 759. The molecule has 0 amide bonds. The summed E-state index contributed by atoms with van der Waals surface area (Å²) < 4.78 is 18.2. The summed E-state index contributed by atoms with van der Waals surface area (Å²) in [6.07, 6.45) is 2.45. The van der Waals surface area contributed by atoms with Crippen molar-refractivity contribution in [1.82, 2.24) is 4.98 Å². The molecule has 2 aromatic rings. The third-order valence-corrected chi connectivity index (χ3v) is 3.21. The van der Waals surface area contributed by atoms with Gasteiger partial charge >= 0.3 is 0 Å². The first-order valence-corrected chi connectivity index (χ1v) is 6.91. The summed E-state index contributed by atoms with van der Waals surface area (Å²) in [7, 11) is 0. The Kier molecular flexibility index (Phi) is 5.67. The van der Waals surface area contributed by atoms with Crippen LogP contribution in [-0.4, -0.2) is 17.2 Å². The number of aliphatic imine (C=N–C) groups is 1. The fraction of sp³-hybridized carbons (Fsp3) is 0. The molecule has 1 heterocycles. The number of carboxylic acids is 1. The van der Waals surface area contributed by atoms with E-state index in [1.165, 1.54) is 36.5 Å². The minimum atomic E-state index is -1.59. The number of carboxylic acid groups (broad SMARTS) is 1. The molecule has 0 saturated carbocycles. The smallest absolute Gasteiger partial charge is 0.219 e. The van der Waals surface area contributed by atoms with Crippen LogP contribution in [0.1, 0.15) is 0 Å². The average molecular weight is 354 g/mol. The summed E-state index contributed by atoms with van der Waals surface area (Å²) in [6.45, 7) is 0. The van der Waals surface area contributed by atoms with Crippen molar-refractivity contribution in [1.29, 1.82) is 0 Å². The Balaban J connectivity index is 2.06. The Morgan fingerprint density at radius 2 is 1.91 bits per heavy atom. The molecule has 5 nitrogen and oxygen atoms in total. The molecule has 0 bridgehead atoms. The van der Waals surface area contributed by atoms with E-state index < -0.39 is 11.0 Å². The Morgan fingerprint density at radius 3 is 2.48 bits per heavy atom. The number of halogens is 3. The van der Waals surface area contributed by atoms with Gasteiger partial charge in [-0.25, -0.2) is 9.37 Å². The summed E-state index contributed by atoms with van der Waals surface area (Å²) >= 11 is 11.0. The average Bonchev–Trinajstić information content (AvgIpc) is 2.55. The summed E-state index contributed by atoms with van der Waals surface area (Å²) in [4.78, 5) is 18.4. The molecule has 8 heteroatoms. The van der Waals surface area contributed by atoms with Crippen molar-refractivity contribution in [3.8, 4) is 11.6 Å². The van der Waals surface area contributed by atoms with E-state index in [1.54, 1.807) is 6.07 Å². The maximum atomic E-state index is 12.8. The normalized spacial score (nSPS) is 12.1. The second-order valence-electron chi connectivity index (χ2n) is 4.12. The van der Waals surface area contributed by atoms with Gasteiger partial charge in [-0.05, 0) is 30.3 Å². The Morgan fingerprint density at radius 1 is 1.22 bits per heavy atom. The van der Waals surface area contributed by atoms with Gasteiger partial charge in [0.2, 0.25) is 5.88 Å². The van der Waals surface area contributed by atoms with Crippen molar-refractivity contribution in [2.75, 3.05) is 0 Å². The van der Waals surface area contributed by atoms with Gasteiger partial charge < -0.3 is 14.6 Å². The van der Waals surface area contributed by atoms with Gasteiger partial charge in [0.25, 0.3) is 0 Å². The fourth-order valence-corrected chi connectivity index (χ4v) is 1.59. The van der Waals surface area contributed by atoms with Crippen LogP contribution >= 0.6 is 23.2 Å². The van der Waals surface area contributed by atoms with Gasteiger partial charge in [0.15, 0.2) is 0 Å². The molecule has 0 N–H and O–H groups in total. The number of hydrogen-bond acceptors (Lipinski definition) is 5. The molecular weight excluding hydrogens is 346 g/mol. The molecule has 0 saturated heterocycles. The molecule has 0 aliphatic carbocycles. The van der Waals surface area contributed by atoms with Crippen molar-refractivity contribution >= 4 is 41.1 Å². The van der Waals surface area contributed by atoms with Gasteiger partial charge in [0.05, 0.1) is 27.9 Å². The number of allylic oxidation sites excluding steroid dienone is 1. The minimum Gasteiger partial charge on any atom is -0.544 e. The lowest BCUT2D eigenvalue weighted by Crippen LogP contribution is -2.22. The highest BCUT2D eigenvalue weighted by Gasteiger charge is 2.01. The predicted octanol–water partition coefficient (Wildman–Crippen LogP) is 3.15. The Hall–Kier alpha value is -2.44. The molecule has 0 atom stereocenters. The number of benzene rings is 1. The van der Waals surface area contributed by atoms with Gasteiger partial charge in [-0.3, -0.25) is 4.99 Å². The number of nitrogens with zero attached hydrogens (tertiary/aromatic N) is 2. The van der Waals surface area contributed by atoms with Gasteiger partial charge in [0, 0.05) is 12.3 Å². The molecule has 0 radical (unpaired) electrons. The van der Waals surface area contributed by atoms with E-state index in [1.807, 2.05) is 0 Å². The van der Waals surface area contributed by atoms with Gasteiger partial charge in [-0.1, -0.05) is 23.2 Å². The quantitative estimate of drug-likeness (QED) is 0.611. The SMILES string of the molecule is O=C([O-])/C(Cl)=C(\Cl)C=Nc1ccc(Oc2ccc(F)cc2)nc1. The van der Waals surface area contributed by atoms with E-state index in [0.717, 1.165) is 6.21 Å². The van der Waals surface area contributed by atoms with Crippen LogP contribution in [0.2, 0.25) is 0 Å². The van der Waals surface area contributed by atoms with Crippen molar-refractivity contribution in [2.45, 2.75) is 0 Å². The molecular formula is C15H8Cl2FN2O3-. The second kappa shape index (κ2) is 7.71. The van der Waals surface area contributed by atoms with E-state index in [4.69, 9.17) is 27.9 Å². The summed E-state index contributed by atoms with van der Waals surface area (Å²) in [5, 5.41) is 9.59. The summed E-state index contributed by atoms with van der Waals surface area (Å²) in [5.41, 5.74) is 0.400. The molecule has 1 aromatic heterocycles. The van der Waals surface area contributed by atoms with E-state index in [9.17, 15) is 14.3 Å². The third kappa shape index (κ3) is 5.05. The standard InChI is InChI=1S/C15H9Cl2FN2O3/c16-12(14(17)15(21)22)8-19-10-3-6-13(20-7-10)23-11-4-1-9(18)2-5-11/h1-8H,(H,21,22)/p-1/b14-12+,19-8?. The first-order chi connectivity index (χ1) is 11.0. The zero-order valence-corrected chi connectivity index (χ0v) is 12.9. The van der Waals surface area contributed by atoms with E-state index in [2.05, 4.69) is 9.98 Å². The van der Waals surface area contributed by atoms with Crippen molar-refractivity contribution in [3.63, 3.8) is 0 Å². The largest absolute Gasteiger partial charge is 0.544 e. The number of rotatable bonds is 5. The monoisotopic (exact) mass is 353 g/mol. The maximum Gasteiger partial charge on any atom is 0.219 e. The van der Waals surface area contributed by atoms with Crippen LogP contribution < -0.4 is 9.84 Å². The third-order valence-electron chi connectivity index (χ3n) is 2.47. The number of pyridine rings is 1. The molecule has 2 rings (SSSR count). The molecule has 0 aliphatic rings. The number of hydrogen-bond donors (Lipinski definition) is 0. The summed E-state index contributed by atoms with van der Waals surface area (Å²) in [5.74, 6) is -1.24. The Labute approximate surface area is 140 Å². The van der Waals surface area contributed by atoms with E-state index in [-0.39, 0.29) is 16.7 Å². The summed E-state index contributed by atoms with van der Waals surface area (Å²) in [6, 6.07) is 8.57. The molecule has 118 valence electrons. The van der Waals surface area contributed by atoms with Gasteiger partial charge in [-0.15, -0.1) is 0 Å². The first-order valence-electron chi connectivity index (χ1n) is 6.16. The molecule has 1 aromatic carbocycles. The number of carbonyl (C=O) groups excluding carboxylic acids is 1. The van der Waals surface area contributed by atoms with Crippen molar-refractivity contribution in [3.05, 3.63) is 58.5 Å². The van der Waals surface area contributed by atoms with E-state index in [0.29, 0.717) is 11.4 Å². The van der Waals surface area contributed by atoms with Crippen molar-refractivity contribution < 1.29 is 19.0 Å². The van der Waals surface area contributed by atoms with Crippen LogP contribution in [0.3, 0.4) is 0 Å². The molecule has 0 spiro atoms. The van der Waals surface area contributed by atoms with Gasteiger partial charge in [0.1, 0.15) is 11.6 Å². The fourth-order valence-electron chi connectivity index (χ4n) is 1.42. The van der Waals surface area contributed by atoms with Crippen molar-refractivity contribution in [2.24, 2.45) is 4.99 Å². The predicted molar refractivity (Wildman–Crippen MR) is 82.6 cm³/mol. The lowest BCUT2D eigenvalue weighted by Gasteiger charge is -2.04. The van der Waals surface area contributed by atoms with Crippen LogP contribution in [0.4, 0.5) is 10.1 Å². The molecule has 23 heavy (non-hydrogen) atoms. The zero-order valence-electron chi connectivity index (χ0n) is 11.4. The molecule has 0 unspecified atom stereocenters. The number of aromatic nitrogens is 1. The highest BCUT2D eigenvalue weighted by Crippen LogP contribution is 2.22. The van der Waals surface area contributed by atoms with Crippen LogP contribution in [0.15, 0.2) is 57.7 Å². The second-order valence-corrected chi connectivity index (χ2v) is 4.90.